The van der Waals surface area contributed by atoms with E-state index in [0.717, 1.165) is 21.9 Å². The number of carbonyl (C=O) groups is 1. The van der Waals surface area contributed by atoms with Gasteiger partial charge in [-0.2, -0.15) is 5.10 Å². The van der Waals surface area contributed by atoms with Crippen LogP contribution in [0.2, 0.25) is 0 Å². The van der Waals surface area contributed by atoms with Crippen LogP contribution in [-0.2, 0) is 4.79 Å². The zero-order chi connectivity index (χ0) is 17.4. The van der Waals surface area contributed by atoms with Gasteiger partial charge in [0, 0.05) is 21.1 Å². The van der Waals surface area contributed by atoms with E-state index in [2.05, 4.69) is 53.1 Å². The number of rotatable bonds is 2. The van der Waals surface area contributed by atoms with Gasteiger partial charge in [-0.05, 0) is 38.1 Å². The number of amides is 1. The monoisotopic (exact) mass is 347 g/mol. The van der Waals surface area contributed by atoms with Gasteiger partial charge in [0.05, 0.1) is 17.0 Å². The lowest BCUT2D eigenvalue weighted by Crippen LogP contribution is -2.18. The van der Waals surface area contributed by atoms with Crippen molar-refractivity contribution in [3.8, 4) is 0 Å². The Morgan fingerprint density at radius 2 is 1.88 bits per heavy atom. The summed E-state index contributed by atoms with van der Waals surface area (Å²) in [6.45, 7) is 3.93. The second-order valence-corrected chi connectivity index (χ2v) is 7.14. The van der Waals surface area contributed by atoms with E-state index >= 15 is 0 Å². The van der Waals surface area contributed by atoms with Crippen molar-refractivity contribution in [1.82, 2.24) is 5.43 Å². The average Bonchev–Trinajstić information content (AvgIpc) is 2.93. The number of anilines is 1. The van der Waals surface area contributed by atoms with Crippen molar-refractivity contribution in [3.63, 3.8) is 0 Å². The molecule has 4 nitrogen and oxygen atoms in total. The predicted octanol–water partition coefficient (Wildman–Crippen LogP) is 4.31. The number of aryl methyl sites for hydroxylation is 1. The molecule has 2 aromatic carbocycles. The minimum absolute atomic E-state index is 0.171. The number of carbonyl (C=O) groups excluding carboxylic acids is 1. The zero-order valence-electron chi connectivity index (χ0n) is 14.0. The quantitative estimate of drug-likeness (QED) is 0.796. The lowest BCUT2D eigenvalue weighted by molar-refractivity contribution is -0.116. The Labute approximate surface area is 150 Å². The van der Waals surface area contributed by atoms with Crippen LogP contribution in [-0.4, -0.2) is 11.6 Å². The molecule has 0 spiro atoms. The lowest BCUT2D eigenvalue weighted by atomic mass is 10.0. The molecule has 0 unspecified atom stereocenters. The van der Waals surface area contributed by atoms with Gasteiger partial charge < -0.3 is 5.32 Å². The molecule has 0 radical (unpaired) electrons. The summed E-state index contributed by atoms with van der Waals surface area (Å²) in [5.74, 6) is -0.171. The molecule has 4 rings (SSSR count). The van der Waals surface area contributed by atoms with Gasteiger partial charge in [-0.15, -0.1) is 0 Å². The highest BCUT2D eigenvalue weighted by atomic mass is 32.2. The molecule has 2 N–H and O–H groups in total. The predicted molar refractivity (Wildman–Crippen MR) is 103 cm³/mol. The van der Waals surface area contributed by atoms with Gasteiger partial charge in [-0.3, -0.25) is 4.79 Å². The SMILES string of the molecule is CC1=NNC(=O)C1=C1C=C(Sc2cccc(C)c2)c2ccccc2N1. The van der Waals surface area contributed by atoms with Gasteiger partial charge in [0.15, 0.2) is 0 Å². The number of para-hydroxylation sites is 1. The van der Waals surface area contributed by atoms with Crippen LogP contribution in [0.25, 0.3) is 4.91 Å². The Bertz CT molecular complexity index is 972. The molecule has 0 bridgehead atoms. The number of fused-ring (bicyclic) bond motifs is 1. The fraction of sp³-hybridized carbons (Fsp3) is 0.100. The normalized spacial score (nSPS) is 18.9. The van der Waals surface area contributed by atoms with E-state index < -0.39 is 0 Å². The van der Waals surface area contributed by atoms with E-state index in [1.165, 1.54) is 10.5 Å². The number of benzene rings is 2. The fourth-order valence-electron chi connectivity index (χ4n) is 2.95. The Kier molecular flexibility index (Phi) is 3.93. The third-order valence-corrected chi connectivity index (χ3v) is 5.19. The summed E-state index contributed by atoms with van der Waals surface area (Å²) in [5, 5.41) is 7.41. The van der Waals surface area contributed by atoms with Gasteiger partial charge in [-0.25, -0.2) is 5.43 Å². The summed E-state index contributed by atoms with van der Waals surface area (Å²) in [6.07, 6.45) is 2.04. The summed E-state index contributed by atoms with van der Waals surface area (Å²) in [5.41, 5.74) is 7.95. The number of hydrogen-bond donors (Lipinski definition) is 2. The number of nitrogens with zero attached hydrogens (tertiary/aromatic N) is 1. The van der Waals surface area contributed by atoms with Crippen molar-refractivity contribution in [3.05, 3.63) is 77.0 Å². The van der Waals surface area contributed by atoms with Crippen LogP contribution >= 0.6 is 11.8 Å². The minimum Gasteiger partial charge on any atom is -0.354 e. The van der Waals surface area contributed by atoms with Crippen LogP contribution in [0.3, 0.4) is 0 Å². The first kappa shape index (κ1) is 15.7. The largest absolute Gasteiger partial charge is 0.354 e. The first-order valence-corrected chi connectivity index (χ1v) is 8.85. The standard InChI is InChI=1S/C20H17N3OS/c1-12-6-5-7-14(10-12)25-18-11-17(19-13(2)22-23-20(19)24)21-16-9-4-3-8-15(16)18/h3-11,21H,1-2H3,(H,23,24). The summed E-state index contributed by atoms with van der Waals surface area (Å²) in [6, 6.07) is 16.6. The summed E-state index contributed by atoms with van der Waals surface area (Å²) in [7, 11) is 0. The molecule has 0 atom stereocenters. The fourth-order valence-corrected chi connectivity index (χ4v) is 4.06. The molecule has 5 heteroatoms. The number of thioether (sulfide) groups is 1. The number of nitrogens with one attached hydrogen (secondary N) is 2. The van der Waals surface area contributed by atoms with Crippen molar-refractivity contribution in [2.75, 3.05) is 5.32 Å². The van der Waals surface area contributed by atoms with Crippen LogP contribution in [0.5, 0.6) is 0 Å². The van der Waals surface area contributed by atoms with E-state index in [-0.39, 0.29) is 5.91 Å². The number of allylic oxidation sites excluding steroid dienone is 1. The summed E-state index contributed by atoms with van der Waals surface area (Å²) >= 11 is 1.70. The molecule has 124 valence electrons. The molecule has 2 aliphatic rings. The van der Waals surface area contributed by atoms with E-state index in [0.29, 0.717) is 11.3 Å². The van der Waals surface area contributed by atoms with E-state index in [1.54, 1.807) is 11.8 Å². The van der Waals surface area contributed by atoms with E-state index in [4.69, 9.17) is 0 Å². The molecule has 25 heavy (non-hydrogen) atoms. The Balaban J connectivity index is 1.82. The van der Waals surface area contributed by atoms with Crippen LogP contribution in [0.1, 0.15) is 18.1 Å². The highest BCUT2D eigenvalue weighted by Crippen LogP contribution is 2.42. The van der Waals surface area contributed by atoms with Gasteiger partial charge in [0.25, 0.3) is 5.91 Å². The van der Waals surface area contributed by atoms with Crippen molar-refractivity contribution in [2.45, 2.75) is 18.7 Å². The van der Waals surface area contributed by atoms with Crippen LogP contribution in [0.4, 0.5) is 5.69 Å². The Morgan fingerprint density at radius 1 is 1.04 bits per heavy atom. The second kappa shape index (κ2) is 6.26. The molecule has 0 saturated heterocycles. The third kappa shape index (κ3) is 2.98. The first-order valence-electron chi connectivity index (χ1n) is 8.04. The Morgan fingerprint density at radius 3 is 2.64 bits per heavy atom. The van der Waals surface area contributed by atoms with Crippen molar-refractivity contribution in [2.24, 2.45) is 5.10 Å². The maximum atomic E-state index is 12.1. The maximum absolute atomic E-state index is 12.1. The zero-order valence-corrected chi connectivity index (χ0v) is 14.8. The maximum Gasteiger partial charge on any atom is 0.275 e. The van der Waals surface area contributed by atoms with Gasteiger partial charge in [-0.1, -0.05) is 47.7 Å². The summed E-state index contributed by atoms with van der Waals surface area (Å²) < 4.78 is 0. The molecular formula is C20H17N3OS. The molecule has 0 aliphatic carbocycles. The lowest BCUT2D eigenvalue weighted by Gasteiger charge is -2.22. The number of hydrazone groups is 1. The third-order valence-electron chi connectivity index (χ3n) is 4.14. The van der Waals surface area contributed by atoms with Crippen LogP contribution < -0.4 is 10.7 Å². The molecule has 0 fully saturated rings. The minimum atomic E-state index is -0.171. The van der Waals surface area contributed by atoms with Gasteiger partial charge in [0.2, 0.25) is 0 Å². The first-order chi connectivity index (χ1) is 12.1. The molecule has 2 aromatic rings. The molecule has 0 saturated carbocycles. The smallest absolute Gasteiger partial charge is 0.275 e. The molecule has 0 aromatic heterocycles. The van der Waals surface area contributed by atoms with Gasteiger partial charge >= 0.3 is 0 Å². The van der Waals surface area contributed by atoms with Crippen molar-refractivity contribution < 1.29 is 4.79 Å². The molecule has 1 amide bonds. The summed E-state index contributed by atoms with van der Waals surface area (Å²) in [4.78, 5) is 14.4. The number of hydrogen-bond acceptors (Lipinski definition) is 4. The molecule has 2 heterocycles. The highest BCUT2D eigenvalue weighted by Gasteiger charge is 2.26. The van der Waals surface area contributed by atoms with Crippen molar-refractivity contribution in [1.29, 1.82) is 0 Å². The topological polar surface area (TPSA) is 53.5 Å². The van der Waals surface area contributed by atoms with Gasteiger partial charge in [0.1, 0.15) is 0 Å². The van der Waals surface area contributed by atoms with E-state index in [1.807, 2.05) is 31.2 Å². The van der Waals surface area contributed by atoms with Crippen molar-refractivity contribution >= 4 is 34.0 Å². The van der Waals surface area contributed by atoms with E-state index in [9.17, 15) is 4.79 Å². The Hall–Kier alpha value is -2.79. The highest BCUT2D eigenvalue weighted by molar-refractivity contribution is 8.08. The average molecular weight is 347 g/mol. The molecular weight excluding hydrogens is 330 g/mol. The molecule has 2 aliphatic heterocycles. The second-order valence-electron chi connectivity index (χ2n) is 6.02. The van der Waals surface area contributed by atoms with Crippen LogP contribution in [0, 0.1) is 6.92 Å². The van der Waals surface area contributed by atoms with Crippen LogP contribution in [0.15, 0.2) is 75.9 Å².